The number of carbonyl (C=O) groups excluding carboxylic acids is 1. The van der Waals surface area contributed by atoms with Gasteiger partial charge in [0.25, 0.3) is 0 Å². The predicted molar refractivity (Wildman–Crippen MR) is 77.2 cm³/mol. The second-order valence-electron chi connectivity index (χ2n) is 6.25. The highest BCUT2D eigenvalue weighted by atomic mass is 16.2. The molecule has 19 heavy (non-hydrogen) atoms. The topological polar surface area (TPSA) is 38.8 Å². The van der Waals surface area contributed by atoms with Crippen molar-refractivity contribution in [2.75, 3.05) is 59.4 Å². The zero-order valence-corrected chi connectivity index (χ0v) is 12.6. The molecule has 0 aromatic carbocycles. The second-order valence-corrected chi connectivity index (χ2v) is 6.25. The first-order chi connectivity index (χ1) is 9.01. The van der Waals surface area contributed by atoms with Crippen LogP contribution in [0, 0.1) is 0 Å². The molecule has 110 valence electrons. The van der Waals surface area contributed by atoms with Gasteiger partial charge in [0, 0.05) is 45.8 Å². The molecular formula is C14H28N4O. The van der Waals surface area contributed by atoms with E-state index in [1.165, 1.54) is 0 Å². The Morgan fingerprint density at radius 1 is 1.00 bits per heavy atom. The highest BCUT2D eigenvalue weighted by Gasteiger charge is 2.38. The minimum Gasteiger partial charge on any atom is -0.340 e. The Kier molecular flexibility index (Phi) is 4.81. The van der Waals surface area contributed by atoms with E-state index in [9.17, 15) is 4.79 Å². The third-order valence-corrected chi connectivity index (χ3v) is 4.44. The van der Waals surface area contributed by atoms with Crippen molar-refractivity contribution in [3.63, 3.8) is 0 Å². The Balaban J connectivity index is 1.99. The molecule has 2 fully saturated rings. The summed E-state index contributed by atoms with van der Waals surface area (Å²) in [7, 11) is 2.13. The lowest BCUT2D eigenvalue weighted by molar-refractivity contribution is -0.143. The highest BCUT2D eigenvalue weighted by Crippen LogP contribution is 2.19. The molecule has 0 unspecified atom stereocenters. The summed E-state index contributed by atoms with van der Waals surface area (Å²) in [4.78, 5) is 19.5. The van der Waals surface area contributed by atoms with Crippen molar-refractivity contribution in [2.24, 2.45) is 0 Å². The molecule has 0 atom stereocenters. The van der Waals surface area contributed by atoms with Crippen LogP contribution in [0.1, 0.15) is 20.3 Å². The average molecular weight is 268 g/mol. The van der Waals surface area contributed by atoms with Gasteiger partial charge in [0.15, 0.2) is 0 Å². The minimum absolute atomic E-state index is 0.296. The van der Waals surface area contributed by atoms with Crippen molar-refractivity contribution in [1.82, 2.24) is 20.0 Å². The number of likely N-dealkylation sites (N-methyl/N-ethyl adjacent to an activating group) is 1. The maximum absolute atomic E-state index is 12.8. The zero-order valence-electron chi connectivity index (χ0n) is 12.6. The summed E-state index contributed by atoms with van der Waals surface area (Å²) in [5, 5.41) is 3.35. The van der Waals surface area contributed by atoms with Crippen LogP contribution in [0.2, 0.25) is 0 Å². The van der Waals surface area contributed by atoms with Gasteiger partial charge >= 0.3 is 0 Å². The number of amides is 1. The van der Waals surface area contributed by atoms with Crippen LogP contribution in [0.25, 0.3) is 0 Å². The van der Waals surface area contributed by atoms with Crippen molar-refractivity contribution >= 4 is 5.91 Å². The SMILES string of the molecule is CN1CCCN(C(=O)C(C)(C)N2CCNCC2)CC1. The van der Waals surface area contributed by atoms with E-state index in [-0.39, 0.29) is 5.54 Å². The number of piperazine rings is 1. The van der Waals surface area contributed by atoms with Gasteiger partial charge in [-0.2, -0.15) is 0 Å². The van der Waals surface area contributed by atoms with E-state index in [1.54, 1.807) is 0 Å². The van der Waals surface area contributed by atoms with Crippen LogP contribution < -0.4 is 5.32 Å². The Hall–Kier alpha value is -0.650. The number of nitrogens with zero attached hydrogens (tertiary/aromatic N) is 3. The number of nitrogens with one attached hydrogen (secondary N) is 1. The van der Waals surface area contributed by atoms with E-state index in [0.717, 1.165) is 58.8 Å². The van der Waals surface area contributed by atoms with Crippen molar-refractivity contribution in [3.8, 4) is 0 Å². The minimum atomic E-state index is -0.370. The molecule has 0 bridgehead atoms. The Labute approximate surface area is 116 Å². The first-order valence-electron chi connectivity index (χ1n) is 7.45. The lowest BCUT2D eigenvalue weighted by Crippen LogP contribution is -2.60. The molecule has 2 aliphatic heterocycles. The van der Waals surface area contributed by atoms with Crippen LogP contribution in [0.15, 0.2) is 0 Å². The summed E-state index contributed by atoms with van der Waals surface area (Å²) < 4.78 is 0. The van der Waals surface area contributed by atoms with Crippen molar-refractivity contribution in [3.05, 3.63) is 0 Å². The fourth-order valence-electron chi connectivity index (χ4n) is 3.00. The molecule has 2 heterocycles. The fourth-order valence-corrected chi connectivity index (χ4v) is 3.00. The van der Waals surface area contributed by atoms with Gasteiger partial charge in [-0.05, 0) is 33.9 Å². The number of hydrogen-bond donors (Lipinski definition) is 1. The van der Waals surface area contributed by atoms with E-state index in [4.69, 9.17) is 0 Å². The standard InChI is InChI=1S/C14H28N4O/c1-14(2,18-9-5-15-6-10-18)13(19)17-8-4-7-16(3)11-12-17/h15H,4-12H2,1-3H3. The third-order valence-electron chi connectivity index (χ3n) is 4.44. The molecule has 2 aliphatic rings. The normalized spacial score (nSPS) is 24.3. The predicted octanol–water partition coefficient (Wildman–Crippen LogP) is -0.166. The Bertz CT molecular complexity index is 313. The fraction of sp³-hybridized carbons (Fsp3) is 0.929. The van der Waals surface area contributed by atoms with Crippen molar-refractivity contribution < 1.29 is 4.79 Å². The largest absolute Gasteiger partial charge is 0.340 e. The zero-order chi connectivity index (χ0) is 13.9. The number of carbonyl (C=O) groups is 1. The summed E-state index contributed by atoms with van der Waals surface area (Å²) in [6.07, 6.45) is 1.08. The molecule has 0 aromatic heterocycles. The summed E-state index contributed by atoms with van der Waals surface area (Å²) in [5.41, 5.74) is -0.370. The average Bonchev–Trinajstić information content (AvgIpc) is 2.63. The lowest BCUT2D eigenvalue weighted by Gasteiger charge is -2.42. The van der Waals surface area contributed by atoms with Crippen LogP contribution in [0.5, 0.6) is 0 Å². The van der Waals surface area contributed by atoms with E-state index in [1.807, 2.05) is 0 Å². The quantitative estimate of drug-likeness (QED) is 0.755. The van der Waals surface area contributed by atoms with Gasteiger partial charge in [-0.15, -0.1) is 0 Å². The second kappa shape index (κ2) is 6.20. The van der Waals surface area contributed by atoms with Crippen LogP contribution in [0.4, 0.5) is 0 Å². The molecular weight excluding hydrogens is 240 g/mol. The van der Waals surface area contributed by atoms with Crippen LogP contribution >= 0.6 is 0 Å². The Morgan fingerprint density at radius 2 is 1.68 bits per heavy atom. The van der Waals surface area contributed by atoms with Gasteiger partial charge in [-0.3, -0.25) is 9.69 Å². The van der Waals surface area contributed by atoms with E-state index < -0.39 is 0 Å². The molecule has 0 radical (unpaired) electrons. The van der Waals surface area contributed by atoms with E-state index >= 15 is 0 Å². The van der Waals surface area contributed by atoms with Gasteiger partial charge < -0.3 is 15.1 Å². The van der Waals surface area contributed by atoms with E-state index in [2.05, 4.69) is 40.9 Å². The molecule has 0 aliphatic carbocycles. The van der Waals surface area contributed by atoms with Crippen LogP contribution in [0.3, 0.4) is 0 Å². The van der Waals surface area contributed by atoms with Gasteiger partial charge in [0.05, 0.1) is 5.54 Å². The molecule has 2 rings (SSSR count). The molecule has 5 nitrogen and oxygen atoms in total. The van der Waals surface area contributed by atoms with Crippen molar-refractivity contribution in [2.45, 2.75) is 25.8 Å². The maximum Gasteiger partial charge on any atom is 0.242 e. The molecule has 0 saturated carbocycles. The monoisotopic (exact) mass is 268 g/mol. The summed E-state index contributed by atoms with van der Waals surface area (Å²) in [6, 6.07) is 0. The van der Waals surface area contributed by atoms with Crippen molar-refractivity contribution in [1.29, 1.82) is 0 Å². The molecule has 1 N–H and O–H groups in total. The van der Waals surface area contributed by atoms with Crippen LogP contribution in [-0.2, 0) is 4.79 Å². The summed E-state index contributed by atoms with van der Waals surface area (Å²) in [5.74, 6) is 0.296. The molecule has 1 amide bonds. The molecule has 0 aromatic rings. The van der Waals surface area contributed by atoms with Gasteiger partial charge in [0.1, 0.15) is 0 Å². The van der Waals surface area contributed by atoms with Crippen LogP contribution in [-0.4, -0.2) is 85.6 Å². The molecule has 0 spiro atoms. The van der Waals surface area contributed by atoms with Gasteiger partial charge in [0.2, 0.25) is 5.91 Å². The van der Waals surface area contributed by atoms with E-state index in [0.29, 0.717) is 5.91 Å². The number of rotatable bonds is 2. The van der Waals surface area contributed by atoms with Gasteiger partial charge in [-0.25, -0.2) is 0 Å². The molecule has 5 heteroatoms. The number of hydrogen-bond acceptors (Lipinski definition) is 4. The first-order valence-corrected chi connectivity index (χ1v) is 7.45. The maximum atomic E-state index is 12.8. The summed E-state index contributed by atoms with van der Waals surface area (Å²) >= 11 is 0. The third kappa shape index (κ3) is 3.46. The lowest BCUT2D eigenvalue weighted by atomic mass is 9.99. The molecule has 2 saturated heterocycles. The first kappa shape index (κ1) is 14.8. The highest BCUT2D eigenvalue weighted by molar-refractivity contribution is 5.85. The smallest absolute Gasteiger partial charge is 0.242 e. The van der Waals surface area contributed by atoms with Gasteiger partial charge in [-0.1, -0.05) is 0 Å². The summed E-state index contributed by atoms with van der Waals surface area (Å²) in [6.45, 7) is 11.9. The Morgan fingerprint density at radius 3 is 2.37 bits per heavy atom.